The molecular formula is C15H21N7O. The number of fused-ring (bicyclic) bond motifs is 1. The second-order valence-electron chi connectivity index (χ2n) is 6.70. The minimum Gasteiger partial charge on any atom is -0.356 e. The van der Waals surface area contributed by atoms with Crippen LogP contribution in [-0.2, 0) is 4.79 Å². The molecule has 1 saturated carbocycles. The molecule has 23 heavy (non-hydrogen) atoms. The highest BCUT2D eigenvalue weighted by Gasteiger charge is 2.33. The van der Waals surface area contributed by atoms with E-state index in [0.29, 0.717) is 11.6 Å². The molecule has 0 bridgehead atoms. The summed E-state index contributed by atoms with van der Waals surface area (Å²) in [5.74, 6) is 2.68. The summed E-state index contributed by atoms with van der Waals surface area (Å²) in [5.41, 5.74) is 0.636. The Morgan fingerprint density at radius 3 is 2.87 bits per heavy atom. The monoisotopic (exact) mass is 315 g/mol. The summed E-state index contributed by atoms with van der Waals surface area (Å²) in [7, 11) is 0. The Bertz CT molecular complexity index is 707. The topological polar surface area (TPSA) is 88.3 Å². The summed E-state index contributed by atoms with van der Waals surface area (Å²) in [4.78, 5) is 14.4. The Balaban J connectivity index is 1.32. The van der Waals surface area contributed by atoms with Crippen LogP contribution in [0.2, 0.25) is 0 Å². The molecule has 122 valence electrons. The second-order valence-corrected chi connectivity index (χ2v) is 6.70. The van der Waals surface area contributed by atoms with E-state index in [9.17, 15) is 4.79 Å². The van der Waals surface area contributed by atoms with Gasteiger partial charge in [-0.2, -0.15) is 0 Å². The smallest absolute Gasteiger partial charge is 0.223 e. The van der Waals surface area contributed by atoms with Crippen molar-refractivity contribution in [1.82, 2.24) is 30.6 Å². The number of rotatable bonds is 4. The third-order valence-electron chi connectivity index (χ3n) is 5.06. The van der Waals surface area contributed by atoms with Gasteiger partial charge in [-0.1, -0.05) is 6.92 Å². The number of carbonyl (C=O) groups excluding carboxylic acids is 1. The van der Waals surface area contributed by atoms with Gasteiger partial charge in [0.1, 0.15) is 0 Å². The van der Waals surface area contributed by atoms with Gasteiger partial charge in [-0.3, -0.25) is 4.79 Å². The Morgan fingerprint density at radius 1 is 1.35 bits per heavy atom. The molecule has 8 nitrogen and oxygen atoms in total. The SMILES string of the molecule is C[C@@H]1C[C@H]1CNC(=O)C1CCN(c2ccc3nnnn3n2)CC1. The molecule has 8 heteroatoms. The molecule has 0 aromatic carbocycles. The van der Waals surface area contributed by atoms with E-state index in [1.54, 1.807) is 0 Å². The largest absolute Gasteiger partial charge is 0.356 e. The number of hydrogen-bond acceptors (Lipinski definition) is 6. The van der Waals surface area contributed by atoms with E-state index in [-0.39, 0.29) is 11.8 Å². The van der Waals surface area contributed by atoms with E-state index in [4.69, 9.17) is 0 Å². The number of carbonyl (C=O) groups is 1. The highest BCUT2D eigenvalue weighted by atomic mass is 16.1. The van der Waals surface area contributed by atoms with Crippen molar-refractivity contribution in [3.63, 3.8) is 0 Å². The third kappa shape index (κ3) is 2.97. The second kappa shape index (κ2) is 5.75. The van der Waals surface area contributed by atoms with Crippen LogP contribution < -0.4 is 10.2 Å². The minimum absolute atomic E-state index is 0.122. The molecule has 1 N–H and O–H groups in total. The lowest BCUT2D eigenvalue weighted by molar-refractivity contribution is -0.125. The maximum Gasteiger partial charge on any atom is 0.223 e. The fourth-order valence-corrected chi connectivity index (χ4v) is 3.24. The Labute approximate surface area is 134 Å². The quantitative estimate of drug-likeness (QED) is 0.884. The number of hydrogen-bond donors (Lipinski definition) is 1. The van der Waals surface area contributed by atoms with Gasteiger partial charge in [0.25, 0.3) is 0 Å². The molecule has 3 heterocycles. The minimum atomic E-state index is 0.122. The first kappa shape index (κ1) is 14.3. The Hall–Kier alpha value is -2.25. The van der Waals surface area contributed by atoms with Crippen LogP contribution in [0.3, 0.4) is 0 Å². The number of piperidine rings is 1. The van der Waals surface area contributed by atoms with E-state index in [1.807, 2.05) is 12.1 Å². The maximum absolute atomic E-state index is 12.2. The molecule has 1 saturated heterocycles. The van der Waals surface area contributed by atoms with Crippen LogP contribution in [0, 0.1) is 17.8 Å². The van der Waals surface area contributed by atoms with Crippen LogP contribution in [0.25, 0.3) is 5.65 Å². The van der Waals surface area contributed by atoms with Crippen molar-refractivity contribution >= 4 is 17.4 Å². The van der Waals surface area contributed by atoms with Gasteiger partial charge in [-0.25, -0.2) is 0 Å². The number of aromatic nitrogens is 5. The van der Waals surface area contributed by atoms with E-state index >= 15 is 0 Å². The van der Waals surface area contributed by atoms with Crippen LogP contribution in [0.4, 0.5) is 5.82 Å². The van der Waals surface area contributed by atoms with Crippen LogP contribution in [0.15, 0.2) is 12.1 Å². The van der Waals surface area contributed by atoms with E-state index in [1.165, 1.54) is 11.1 Å². The lowest BCUT2D eigenvalue weighted by atomic mass is 9.96. The van der Waals surface area contributed by atoms with Crippen molar-refractivity contribution in [3.8, 4) is 0 Å². The molecule has 2 atom stereocenters. The predicted octanol–water partition coefficient (Wildman–Crippen LogP) is 0.508. The van der Waals surface area contributed by atoms with Gasteiger partial charge in [-0.05, 0) is 53.7 Å². The number of anilines is 1. The zero-order chi connectivity index (χ0) is 15.8. The normalized spacial score (nSPS) is 24.8. The molecular weight excluding hydrogens is 294 g/mol. The molecule has 1 aliphatic heterocycles. The van der Waals surface area contributed by atoms with Crippen LogP contribution in [0.1, 0.15) is 26.2 Å². The van der Waals surface area contributed by atoms with Crippen LogP contribution in [0.5, 0.6) is 0 Å². The summed E-state index contributed by atoms with van der Waals surface area (Å²) >= 11 is 0. The molecule has 1 amide bonds. The molecule has 2 aliphatic rings. The fourth-order valence-electron chi connectivity index (χ4n) is 3.24. The van der Waals surface area contributed by atoms with Crippen molar-refractivity contribution in [2.75, 3.05) is 24.5 Å². The number of tetrazole rings is 1. The summed E-state index contributed by atoms with van der Waals surface area (Å²) < 4.78 is 1.44. The highest BCUT2D eigenvalue weighted by Crippen LogP contribution is 2.36. The Morgan fingerprint density at radius 2 is 2.13 bits per heavy atom. The number of amides is 1. The highest BCUT2D eigenvalue weighted by molar-refractivity contribution is 5.79. The molecule has 0 spiro atoms. The van der Waals surface area contributed by atoms with Crippen molar-refractivity contribution in [1.29, 1.82) is 0 Å². The van der Waals surface area contributed by atoms with Gasteiger partial charge >= 0.3 is 0 Å². The van der Waals surface area contributed by atoms with E-state index in [2.05, 4.69) is 37.8 Å². The van der Waals surface area contributed by atoms with Gasteiger partial charge in [0.05, 0.1) is 0 Å². The molecule has 0 radical (unpaired) electrons. The zero-order valence-electron chi connectivity index (χ0n) is 13.2. The van der Waals surface area contributed by atoms with Crippen molar-refractivity contribution in [2.45, 2.75) is 26.2 Å². The predicted molar refractivity (Wildman–Crippen MR) is 83.8 cm³/mol. The number of nitrogens with one attached hydrogen (secondary N) is 1. The molecule has 1 aliphatic carbocycles. The summed E-state index contributed by atoms with van der Waals surface area (Å²) in [6.45, 7) is 4.75. The summed E-state index contributed by atoms with van der Waals surface area (Å²) in [6.07, 6.45) is 2.98. The number of nitrogens with zero attached hydrogens (tertiary/aromatic N) is 6. The first-order valence-corrected chi connectivity index (χ1v) is 8.29. The van der Waals surface area contributed by atoms with Gasteiger partial charge < -0.3 is 10.2 Å². The third-order valence-corrected chi connectivity index (χ3v) is 5.06. The van der Waals surface area contributed by atoms with Crippen LogP contribution >= 0.6 is 0 Å². The van der Waals surface area contributed by atoms with Gasteiger partial charge in [0.15, 0.2) is 11.5 Å². The molecule has 2 aromatic heterocycles. The van der Waals surface area contributed by atoms with Crippen molar-refractivity contribution < 1.29 is 4.79 Å². The van der Waals surface area contributed by atoms with Gasteiger partial charge in [0.2, 0.25) is 5.91 Å². The first-order valence-electron chi connectivity index (χ1n) is 8.29. The van der Waals surface area contributed by atoms with E-state index in [0.717, 1.165) is 44.2 Å². The zero-order valence-corrected chi connectivity index (χ0v) is 13.2. The first-order chi connectivity index (χ1) is 11.2. The molecule has 2 aromatic rings. The molecule has 0 unspecified atom stereocenters. The van der Waals surface area contributed by atoms with Gasteiger partial charge in [0, 0.05) is 25.6 Å². The maximum atomic E-state index is 12.2. The standard InChI is InChI=1S/C15H21N7O/c1-10-8-12(10)9-16-15(23)11-4-6-21(7-5-11)14-3-2-13-17-19-20-22(13)18-14/h2-3,10-12H,4-9H2,1H3,(H,16,23)/t10-,12+/m1/s1. The van der Waals surface area contributed by atoms with E-state index < -0.39 is 0 Å². The van der Waals surface area contributed by atoms with Crippen LogP contribution in [-0.4, -0.2) is 50.8 Å². The average Bonchev–Trinajstić information content (AvgIpc) is 3.09. The summed E-state index contributed by atoms with van der Waals surface area (Å²) in [6, 6.07) is 3.79. The van der Waals surface area contributed by atoms with Crippen molar-refractivity contribution in [3.05, 3.63) is 12.1 Å². The molecule has 4 rings (SSSR count). The Kier molecular flexibility index (Phi) is 3.59. The summed E-state index contributed by atoms with van der Waals surface area (Å²) in [5, 5.41) is 18.8. The van der Waals surface area contributed by atoms with Gasteiger partial charge in [-0.15, -0.1) is 14.8 Å². The fraction of sp³-hybridized carbons (Fsp3) is 0.667. The van der Waals surface area contributed by atoms with Crippen molar-refractivity contribution in [2.24, 2.45) is 17.8 Å². The molecule has 2 fully saturated rings. The lowest BCUT2D eigenvalue weighted by Gasteiger charge is -2.31. The average molecular weight is 315 g/mol. The lowest BCUT2D eigenvalue weighted by Crippen LogP contribution is -2.41.